The Morgan fingerprint density at radius 2 is 2.29 bits per heavy atom. The van der Waals surface area contributed by atoms with Gasteiger partial charge in [-0.15, -0.1) is 22.9 Å². The van der Waals surface area contributed by atoms with Crippen molar-refractivity contribution in [2.45, 2.75) is 39.2 Å². The third-order valence-corrected chi connectivity index (χ3v) is 3.79. The summed E-state index contributed by atoms with van der Waals surface area (Å²) in [5.41, 5.74) is 1.11. The van der Waals surface area contributed by atoms with E-state index in [9.17, 15) is 0 Å². The zero-order chi connectivity index (χ0) is 10.6. The third kappa shape index (κ3) is 2.85. The Balaban J connectivity index is 2.67. The van der Waals surface area contributed by atoms with Crippen LogP contribution < -0.4 is 5.32 Å². The second-order valence-electron chi connectivity index (χ2n) is 3.67. The molecule has 1 aromatic rings. The number of hydrogen-bond acceptors (Lipinski definition) is 3. The molecular formula is C10H17ClN2S. The summed E-state index contributed by atoms with van der Waals surface area (Å²) in [6, 6.07) is 0. The number of hydrogen-bond donors (Lipinski definition) is 1. The predicted octanol–water partition coefficient (Wildman–Crippen LogP) is 3.52. The molecule has 0 aromatic carbocycles. The fourth-order valence-corrected chi connectivity index (χ4v) is 2.20. The number of anilines is 1. The molecule has 0 bridgehead atoms. The van der Waals surface area contributed by atoms with E-state index in [1.807, 2.05) is 0 Å². The number of rotatable bonds is 5. The van der Waals surface area contributed by atoms with Gasteiger partial charge < -0.3 is 5.32 Å². The van der Waals surface area contributed by atoms with Crippen LogP contribution in [0.2, 0.25) is 0 Å². The second-order valence-corrected chi connectivity index (χ2v) is 4.80. The lowest BCUT2D eigenvalue weighted by atomic mass is 10.0. The fourth-order valence-electron chi connectivity index (χ4n) is 1.00. The lowest BCUT2D eigenvalue weighted by Gasteiger charge is -2.26. The van der Waals surface area contributed by atoms with Gasteiger partial charge in [-0.05, 0) is 19.8 Å². The van der Waals surface area contributed by atoms with E-state index in [4.69, 9.17) is 11.6 Å². The van der Waals surface area contributed by atoms with E-state index in [1.165, 1.54) is 0 Å². The highest BCUT2D eigenvalue weighted by atomic mass is 35.5. The van der Waals surface area contributed by atoms with E-state index in [1.54, 1.807) is 11.3 Å². The Kier molecular flexibility index (Phi) is 4.20. The van der Waals surface area contributed by atoms with E-state index in [2.05, 4.69) is 36.5 Å². The van der Waals surface area contributed by atoms with Crippen LogP contribution in [-0.4, -0.2) is 16.4 Å². The summed E-state index contributed by atoms with van der Waals surface area (Å²) >= 11 is 7.56. The van der Waals surface area contributed by atoms with Crippen LogP contribution in [-0.2, 0) is 6.42 Å². The van der Waals surface area contributed by atoms with Crippen molar-refractivity contribution in [3.8, 4) is 0 Å². The molecule has 1 atom stereocenters. The molecule has 1 N–H and O–H groups in total. The van der Waals surface area contributed by atoms with Crippen LogP contribution in [0.15, 0.2) is 5.38 Å². The highest BCUT2D eigenvalue weighted by Gasteiger charge is 2.21. The molecule has 0 aliphatic heterocycles. The predicted molar refractivity (Wildman–Crippen MR) is 64.5 cm³/mol. The molecule has 0 radical (unpaired) electrons. The van der Waals surface area contributed by atoms with Gasteiger partial charge in [0.15, 0.2) is 5.13 Å². The average molecular weight is 233 g/mol. The molecular weight excluding hydrogens is 216 g/mol. The van der Waals surface area contributed by atoms with Gasteiger partial charge in [-0.25, -0.2) is 4.98 Å². The van der Waals surface area contributed by atoms with Crippen LogP contribution >= 0.6 is 22.9 Å². The molecule has 0 amide bonds. The zero-order valence-corrected chi connectivity index (χ0v) is 10.5. The summed E-state index contributed by atoms with van der Waals surface area (Å²) in [5, 5.41) is 6.45. The van der Waals surface area contributed by atoms with Crippen LogP contribution in [0, 0.1) is 0 Å². The van der Waals surface area contributed by atoms with Crippen LogP contribution in [0.25, 0.3) is 0 Å². The second kappa shape index (κ2) is 4.99. The van der Waals surface area contributed by atoms with Crippen molar-refractivity contribution >= 4 is 28.1 Å². The molecule has 2 nitrogen and oxygen atoms in total. The number of thiazole rings is 1. The SMILES string of the molecule is CCc1csc(NC(C)(CC)CCl)n1. The van der Waals surface area contributed by atoms with Gasteiger partial charge in [0.25, 0.3) is 0 Å². The van der Waals surface area contributed by atoms with Gasteiger partial charge in [0.05, 0.1) is 5.69 Å². The molecule has 1 unspecified atom stereocenters. The monoisotopic (exact) mass is 232 g/mol. The molecule has 1 rings (SSSR count). The van der Waals surface area contributed by atoms with Crippen molar-refractivity contribution in [1.29, 1.82) is 0 Å². The number of nitrogens with zero attached hydrogens (tertiary/aromatic N) is 1. The summed E-state index contributed by atoms with van der Waals surface area (Å²) in [6.45, 7) is 6.36. The number of aromatic nitrogens is 1. The normalized spacial score (nSPS) is 15.1. The first kappa shape index (κ1) is 11.8. The minimum atomic E-state index is -0.0373. The molecule has 0 fully saturated rings. The largest absolute Gasteiger partial charge is 0.355 e. The number of aryl methyl sites for hydroxylation is 1. The minimum absolute atomic E-state index is 0.0373. The summed E-state index contributed by atoms with van der Waals surface area (Å²) in [5.74, 6) is 0.602. The molecule has 0 aliphatic carbocycles. The molecule has 1 aromatic heterocycles. The van der Waals surface area contributed by atoms with E-state index in [0.717, 1.165) is 23.7 Å². The highest BCUT2D eigenvalue weighted by molar-refractivity contribution is 7.13. The average Bonchev–Trinajstić information content (AvgIpc) is 2.65. The molecule has 14 heavy (non-hydrogen) atoms. The molecule has 0 saturated carbocycles. The van der Waals surface area contributed by atoms with Gasteiger partial charge in [-0.2, -0.15) is 0 Å². The summed E-state index contributed by atoms with van der Waals surface area (Å²) in [6.07, 6.45) is 1.99. The van der Waals surface area contributed by atoms with E-state index in [0.29, 0.717) is 5.88 Å². The first-order valence-corrected chi connectivity index (χ1v) is 6.33. The lowest BCUT2D eigenvalue weighted by Crippen LogP contribution is -2.35. The van der Waals surface area contributed by atoms with Gasteiger partial charge >= 0.3 is 0 Å². The molecule has 0 saturated heterocycles. The summed E-state index contributed by atoms with van der Waals surface area (Å²) in [7, 11) is 0. The van der Waals surface area contributed by atoms with Gasteiger partial charge in [0.1, 0.15) is 0 Å². The van der Waals surface area contributed by atoms with Crippen LogP contribution in [0.3, 0.4) is 0 Å². The quantitative estimate of drug-likeness (QED) is 0.786. The fraction of sp³-hybridized carbons (Fsp3) is 0.700. The van der Waals surface area contributed by atoms with Crippen molar-refractivity contribution < 1.29 is 0 Å². The van der Waals surface area contributed by atoms with Crippen molar-refractivity contribution in [2.75, 3.05) is 11.2 Å². The number of halogens is 1. The molecule has 80 valence electrons. The minimum Gasteiger partial charge on any atom is -0.355 e. The summed E-state index contributed by atoms with van der Waals surface area (Å²) < 4.78 is 0. The van der Waals surface area contributed by atoms with Crippen LogP contribution in [0.5, 0.6) is 0 Å². The Hall–Kier alpha value is -0.280. The van der Waals surface area contributed by atoms with Crippen LogP contribution in [0.1, 0.15) is 32.9 Å². The Labute approximate surface area is 94.7 Å². The summed E-state index contributed by atoms with van der Waals surface area (Å²) in [4.78, 5) is 4.46. The third-order valence-electron chi connectivity index (χ3n) is 2.40. The van der Waals surface area contributed by atoms with Crippen molar-refractivity contribution in [3.05, 3.63) is 11.1 Å². The molecule has 1 heterocycles. The van der Waals surface area contributed by atoms with Crippen molar-refractivity contribution in [1.82, 2.24) is 4.98 Å². The van der Waals surface area contributed by atoms with Crippen molar-refractivity contribution in [2.24, 2.45) is 0 Å². The molecule has 0 spiro atoms. The maximum absolute atomic E-state index is 5.91. The number of alkyl halides is 1. The zero-order valence-electron chi connectivity index (χ0n) is 8.93. The van der Waals surface area contributed by atoms with Gasteiger partial charge in [-0.1, -0.05) is 13.8 Å². The number of nitrogens with one attached hydrogen (secondary N) is 1. The Bertz CT molecular complexity index is 281. The van der Waals surface area contributed by atoms with E-state index in [-0.39, 0.29) is 5.54 Å². The van der Waals surface area contributed by atoms with E-state index >= 15 is 0 Å². The van der Waals surface area contributed by atoms with Gasteiger partial charge in [0, 0.05) is 16.8 Å². The van der Waals surface area contributed by atoms with E-state index < -0.39 is 0 Å². The lowest BCUT2D eigenvalue weighted by molar-refractivity contribution is 0.553. The molecule has 4 heteroatoms. The maximum atomic E-state index is 5.91. The van der Waals surface area contributed by atoms with Crippen LogP contribution in [0.4, 0.5) is 5.13 Å². The molecule has 0 aliphatic rings. The van der Waals surface area contributed by atoms with Gasteiger partial charge in [-0.3, -0.25) is 0 Å². The smallest absolute Gasteiger partial charge is 0.183 e. The van der Waals surface area contributed by atoms with Crippen molar-refractivity contribution in [3.63, 3.8) is 0 Å². The Morgan fingerprint density at radius 1 is 1.57 bits per heavy atom. The maximum Gasteiger partial charge on any atom is 0.183 e. The van der Waals surface area contributed by atoms with Gasteiger partial charge in [0.2, 0.25) is 0 Å². The highest BCUT2D eigenvalue weighted by Crippen LogP contribution is 2.23. The topological polar surface area (TPSA) is 24.9 Å². The first-order chi connectivity index (χ1) is 6.63. The first-order valence-electron chi connectivity index (χ1n) is 4.92. The standard InChI is InChI=1S/C10H17ClN2S/c1-4-8-6-14-9(12-8)13-10(3,5-2)7-11/h6H,4-5,7H2,1-3H3,(H,12,13). The Morgan fingerprint density at radius 3 is 2.71 bits per heavy atom.